The van der Waals surface area contributed by atoms with Gasteiger partial charge in [0.15, 0.2) is 0 Å². The van der Waals surface area contributed by atoms with Gasteiger partial charge in [0, 0.05) is 18.8 Å². The molecule has 1 saturated heterocycles. The van der Waals surface area contributed by atoms with Crippen LogP contribution >= 0.6 is 23.4 Å². The van der Waals surface area contributed by atoms with Crippen molar-refractivity contribution >= 4 is 39.4 Å². The number of sulfonamides is 1. The molecule has 0 bridgehead atoms. The van der Waals surface area contributed by atoms with E-state index in [0.29, 0.717) is 13.1 Å². The molecule has 1 N–H and O–H groups in total. The fraction of sp³-hybridized carbons (Fsp3) is 0.417. The number of hydrogen-bond donors (Lipinski definition) is 1. The summed E-state index contributed by atoms with van der Waals surface area (Å²) in [6, 6.07) is 3.78. The van der Waals surface area contributed by atoms with Crippen molar-refractivity contribution in [3.05, 3.63) is 28.8 Å². The van der Waals surface area contributed by atoms with Crippen LogP contribution in [-0.4, -0.2) is 48.4 Å². The topological polar surface area (TPSA) is 74.7 Å². The van der Waals surface area contributed by atoms with Crippen molar-refractivity contribution in [2.45, 2.75) is 11.3 Å². The Morgan fingerprint density at radius 2 is 2.05 bits per heavy atom. The van der Waals surface area contributed by atoms with E-state index in [4.69, 9.17) is 16.7 Å². The first kappa shape index (κ1) is 15.6. The number of carboxylic acid groups (broad SMARTS) is 1. The number of carboxylic acids is 1. The summed E-state index contributed by atoms with van der Waals surface area (Å²) in [4.78, 5) is 11.0. The molecule has 110 valence electrons. The summed E-state index contributed by atoms with van der Waals surface area (Å²) in [7, 11) is -3.66. The van der Waals surface area contributed by atoms with E-state index < -0.39 is 16.0 Å². The predicted molar refractivity (Wildman–Crippen MR) is 79.1 cm³/mol. The molecule has 0 amide bonds. The molecule has 5 nitrogen and oxygen atoms in total. The molecule has 0 spiro atoms. The summed E-state index contributed by atoms with van der Waals surface area (Å²) in [6.07, 6.45) is 0.795. The van der Waals surface area contributed by atoms with Crippen molar-refractivity contribution in [1.29, 1.82) is 0 Å². The van der Waals surface area contributed by atoms with E-state index in [2.05, 4.69) is 0 Å². The minimum Gasteiger partial charge on any atom is -0.478 e. The highest BCUT2D eigenvalue weighted by molar-refractivity contribution is 7.99. The lowest BCUT2D eigenvalue weighted by molar-refractivity contribution is 0.0697. The van der Waals surface area contributed by atoms with E-state index in [1.165, 1.54) is 16.4 Å². The lowest BCUT2D eigenvalue weighted by atomic mass is 10.2. The number of carbonyl (C=O) groups is 1. The first-order valence-electron chi connectivity index (χ1n) is 6.03. The Labute approximate surface area is 127 Å². The van der Waals surface area contributed by atoms with E-state index >= 15 is 0 Å². The van der Waals surface area contributed by atoms with Gasteiger partial charge in [0.05, 0.1) is 15.5 Å². The highest BCUT2D eigenvalue weighted by Crippen LogP contribution is 2.24. The van der Waals surface area contributed by atoms with Gasteiger partial charge in [0.25, 0.3) is 0 Å². The third-order valence-corrected chi connectivity index (χ3v) is 6.26. The standard InChI is InChI=1S/C12H14ClNO4S2/c13-11-3-2-9(8-10(11)12(15)16)20(17,18)14-4-1-6-19-7-5-14/h2-3,8H,1,4-7H2,(H,15,16). The first-order valence-corrected chi connectivity index (χ1v) is 9.01. The number of thioether (sulfide) groups is 1. The van der Waals surface area contributed by atoms with Crippen LogP contribution in [-0.2, 0) is 10.0 Å². The minimum absolute atomic E-state index is 0.0220. The van der Waals surface area contributed by atoms with E-state index in [1.807, 2.05) is 0 Å². The molecule has 2 rings (SSSR count). The second-order valence-electron chi connectivity index (χ2n) is 4.32. The summed E-state index contributed by atoms with van der Waals surface area (Å²) >= 11 is 7.48. The van der Waals surface area contributed by atoms with Crippen LogP contribution in [0.5, 0.6) is 0 Å². The number of benzene rings is 1. The van der Waals surface area contributed by atoms with Crippen LogP contribution in [0.25, 0.3) is 0 Å². The van der Waals surface area contributed by atoms with Gasteiger partial charge in [-0.2, -0.15) is 16.1 Å². The molecule has 0 aromatic heterocycles. The molecule has 0 atom stereocenters. The third-order valence-electron chi connectivity index (χ3n) is 2.99. The average molecular weight is 336 g/mol. The second kappa shape index (κ2) is 6.34. The first-order chi connectivity index (χ1) is 9.43. The SMILES string of the molecule is O=C(O)c1cc(S(=O)(=O)N2CCCSCC2)ccc1Cl. The van der Waals surface area contributed by atoms with Crippen LogP contribution in [0.2, 0.25) is 5.02 Å². The number of rotatable bonds is 3. The molecular formula is C12H14ClNO4S2. The Morgan fingerprint density at radius 3 is 2.75 bits per heavy atom. The quantitative estimate of drug-likeness (QED) is 0.916. The molecule has 1 heterocycles. The van der Waals surface area contributed by atoms with Crippen molar-refractivity contribution in [2.24, 2.45) is 0 Å². The Bertz CT molecular complexity index is 610. The van der Waals surface area contributed by atoms with Gasteiger partial charge in [-0.05, 0) is 30.4 Å². The summed E-state index contributed by atoms with van der Waals surface area (Å²) in [5.74, 6) is 0.449. The highest BCUT2D eigenvalue weighted by Gasteiger charge is 2.26. The molecule has 8 heteroatoms. The van der Waals surface area contributed by atoms with Gasteiger partial charge in [0.1, 0.15) is 0 Å². The van der Waals surface area contributed by atoms with E-state index in [-0.39, 0.29) is 15.5 Å². The highest BCUT2D eigenvalue weighted by atomic mass is 35.5. The molecular weight excluding hydrogens is 322 g/mol. The molecule has 1 fully saturated rings. The maximum absolute atomic E-state index is 12.5. The van der Waals surface area contributed by atoms with E-state index in [0.717, 1.165) is 24.0 Å². The molecule has 1 aliphatic rings. The maximum atomic E-state index is 12.5. The maximum Gasteiger partial charge on any atom is 0.337 e. The van der Waals surface area contributed by atoms with Crippen LogP contribution in [0.3, 0.4) is 0 Å². The summed E-state index contributed by atoms with van der Waals surface area (Å²) in [5, 5.41) is 9.05. The lowest BCUT2D eigenvalue weighted by Gasteiger charge is -2.19. The molecule has 1 aromatic carbocycles. The molecule has 20 heavy (non-hydrogen) atoms. The van der Waals surface area contributed by atoms with Crippen molar-refractivity contribution < 1.29 is 18.3 Å². The van der Waals surface area contributed by atoms with Crippen molar-refractivity contribution in [2.75, 3.05) is 24.6 Å². The van der Waals surface area contributed by atoms with Crippen molar-refractivity contribution in [3.63, 3.8) is 0 Å². The van der Waals surface area contributed by atoms with Crippen LogP contribution in [0.4, 0.5) is 0 Å². The zero-order valence-corrected chi connectivity index (χ0v) is 13.0. The van der Waals surface area contributed by atoms with Crippen molar-refractivity contribution in [1.82, 2.24) is 4.31 Å². The van der Waals surface area contributed by atoms with Crippen LogP contribution < -0.4 is 0 Å². The monoisotopic (exact) mass is 335 g/mol. The largest absolute Gasteiger partial charge is 0.478 e. The van der Waals surface area contributed by atoms with Crippen molar-refractivity contribution in [3.8, 4) is 0 Å². The second-order valence-corrected chi connectivity index (χ2v) is 7.89. The fourth-order valence-electron chi connectivity index (χ4n) is 1.94. The van der Waals surface area contributed by atoms with E-state index in [9.17, 15) is 13.2 Å². The molecule has 1 aliphatic heterocycles. The Morgan fingerprint density at radius 1 is 1.30 bits per heavy atom. The molecule has 1 aromatic rings. The van der Waals surface area contributed by atoms with Gasteiger partial charge in [0.2, 0.25) is 10.0 Å². The Hall–Kier alpha value is -0.760. The summed E-state index contributed by atoms with van der Waals surface area (Å²) in [5.41, 5.74) is -0.197. The zero-order chi connectivity index (χ0) is 14.8. The smallest absolute Gasteiger partial charge is 0.337 e. The zero-order valence-electron chi connectivity index (χ0n) is 10.6. The number of aromatic carboxylic acids is 1. The number of nitrogens with zero attached hydrogens (tertiary/aromatic N) is 1. The van der Waals surface area contributed by atoms with Gasteiger partial charge in [-0.3, -0.25) is 0 Å². The van der Waals surface area contributed by atoms with Gasteiger partial charge < -0.3 is 5.11 Å². The summed E-state index contributed by atoms with van der Waals surface area (Å²) < 4.78 is 26.4. The minimum atomic E-state index is -3.66. The summed E-state index contributed by atoms with van der Waals surface area (Å²) in [6.45, 7) is 0.901. The Kier molecular flexibility index (Phi) is 4.95. The molecule has 0 saturated carbocycles. The van der Waals surface area contributed by atoms with Gasteiger partial charge in [-0.25, -0.2) is 13.2 Å². The number of halogens is 1. The molecule has 0 radical (unpaired) electrons. The average Bonchev–Trinajstić information content (AvgIpc) is 2.67. The Balaban J connectivity index is 2.38. The van der Waals surface area contributed by atoms with Crippen LogP contribution in [0.1, 0.15) is 16.8 Å². The van der Waals surface area contributed by atoms with Crippen LogP contribution in [0, 0.1) is 0 Å². The van der Waals surface area contributed by atoms with E-state index in [1.54, 1.807) is 11.8 Å². The lowest BCUT2D eigenvalue weighted by Crippen LogP contribution is -2.33. The van der Waals surface area contributed by atoms with Gasteiger partial charge >= 0.3 is 5.97 Å². The number of hydrogen-bond acceptors (Lipinski definition) is 4. The normalized spacial score (nSPS) is 17.6. The molecule has 0 unspecified atom stereocenters. The van der Waals surface area contributed by atoms with Gasteiger partial charge in [-0.15, -0.1) is 0 Å². The fourth-order valence-corrected chi connectivity index (χ4v) is 4.65. The van der Waals surface area contributed by atoms with Crippen LogP contribution in [0.15, 0.2) is 23.1 Å². The molecule has 0 aliphatic carbocycles. The third kappa shape index (κ3) is 3.28. The van der Waals surface area contributed by atoms with Gasteiger partial charge in [-0.1, -0.05) is 11.6 Å². The predicted octanol–water partition coefficient (Wildman–Crippen LogP) is 2.17.